The number of thioether (sulfide) groups is 1. The second-order valence-corrected chi connectivity index (χ2v) is 5.41. The van der Waals surface area contributed by atoms with Crippen molar-refractivity contribution >= 4 is 27.7 Å². The van der Waals surface area contributed by atoms with Crippen LogP contribution in [-0.4, -0.2) is 10.8 Å². The molecular formula is C11H10BrF5S. The van der Waals surface area contributed by atoms with Gasteiger partial charge in [0.15, 0.2) is 0 Å². The highest BCUT2D eigenvalue weighted by atomic mass is 79.9. The van der Waals surface area contributed by atoms with Crippen molar-refractivity contribution in [2.45, 2.75) is 29.7 Å². The van der Waals surface area contributed by atoms with Crippen LogP contribution in [0.1, 0.15) is 24.0 Å². The molecule has 0 aliphatic carbocycles. The maximum atomic E-state index is 12.6. The van der Waals surface area contributed by atoms with Crippen molar-refractivity contribution in [3.8, 4) is 0 Å². The van der Waals surface area contributed by atoms with Crippen LogP contribution in [0.4, 0.5) is 22.0 Å². The maximum Gasteiger partial charge on any atom is 0.446 e. The van der Waals surface area contributed by atoms with Crippen molar-refractivity contribution in [3.63, 3.8) is 0 Å². The third-order valence-electron chi connectivity index (χ3n) is 2.14. The molecule has 0 aromatic heterocycles. The summed E-state index contributed by atoms with van der Waals surface area (Å²) in [6, 6.07) is 3.72. The number of rotatable bonds is 5. The first-order valence-corrected chi connectivity index (χ1v) is 7.00. The highest BCUT2D eigenvalue weighted by molar-refractivity contribution is 9.09. The van der Waals surface area contributed by atoms with E-state index in [2.05, 4.69) is 15.9 Å². The monoisotopic (exact) mass is 348 g/mol. The molecule has 0 saturated heterocycles. The zero-order valence-electron chi connectivity index (χ0n) is 9.11. The van der Waals surface area contributed by atoms with E-state index in [-0.39, 0.29) is 0 Å². The predicted octanol–water partition coefficient (Wildman–Crippen LogP) is 5.56. The number of aryl methyl sites for hydroxylation is 1. The van der Waals surface area contributed by atoms with Crippen LogP contribution in [0.25, 0.3) is 0 Å². The van der Waals surface area contributed by atoms with Crippen LogP contribution in [0.2, 0.25) is 0 Å². The summed E-state index contributed by atoms with van der Waals surface area (Å²) < 4.78 is 62.0. The first-order chi connectivity index (χ1) is 8.33. The van der Waals surface area contributed by atoms with Crippen molar-refractivity contribution in [1.29, 1.82) is 0 Å². The van der Waals surface area contributed by atoms with Crippen molar-refractivity contribution in [2.75, 3.05) is 5.33 Å². The Balaban J connectivity index is 3.00. The third kappa shape index (κ3) is 5.14. The standard InChI is InChI=1S/C11H10BrF5S/c12-5-1-2-7-3-4-8(10(13)14)9(6-7)18-11(15,16)17/h3-4,6,10H,1-2,5H2. The van der Waals surface area contributed by atoms with E-state index in [1.807, 2.05) is 0 Å². The molecule has 0 aliphatic heterocycles. The van der Waals surface area contributed by atoms with Gasteiger partial charge in [0, 0.05) is 15.8 Å². The lowest BCUT2D eigenvalue weighted by Gasteiger charge is -2.12. The Bertz CT molecular complexity index is 392. The van der Waals surface area contributed by atoms with Gasteiger partial charge in [0.25, 0.3) is 6.43 Å². The minimum atomic E-state index is -4.56. The molecule has 0 spiro atoms. The number of hydrogen-bond donors (Lipinski definition) is 0. The minimum absolute atomic E-state index is 0.412. The number of benzene rings is 1. The Morgan fingerprint density at radius 1 is 1.22 bits per heavy atom. The van der Waals surface area contributed by atoms with Gasteiger partial charge in [-0.15, -0.1) is 0 Å². The van der Waals surface area contributed by atoms with E-state index in [1.54, 1.807) is 0 Å². The summed E-state index contributed by atoms with van der Waals surface area (Å²) in [6.45, 7) is 0. The van der Waals surface area contributed by atoms with E-state index in [4.69, 9.17) is 0 Å². The van der Waals surface area contributed by atoms with Crippen molar-refractivity contribution < 1.29 is 22.0 Å². The molecule has 0 aliphatic rings. The first kappa shape index (κ1) is 15.8. The molecule has 102 valence electrons. The Hall–Kier alpha value is -0.300. The van der Waals surface area contributed by atoms with Crippen LogP contribution in [-0.2, 0) is 6.42 Å². The fourth-order valence-corrected chi connectivity index (χ4v) is 2.41. The molecule has 0 nitrogen and oxygen atoms in total. The van der Waals surface area contributed by atoms with Gasteiger partial charge in [-0.3, -0.25) is 0 Å². The Morgan fingerprint density at radius 3 is 2.39 bits per heavy atom. The van der Waals surface area contributed by atoms with Gasteiger partial charge in [-0.25, -0.2) is 8.78 Å². The molecule has 0 amide bonds. The van der Waals surface area contributed by atoms with Gasteiger partial charge in [0.05, 0.1) is 0 Å². The summed E-state index contributed by atoms with van der Waals surface area (Å²) in [5.74, 6) is 0. The van der Waals surface area contributed by atoms with Gasteiger partial charge < -0.3 is 0 Å². The zero-order valence-corrected chi connectivity index (χ0v) is 11.5. The van der Waals surface area contributed by atoms with Crippen molar-refractivity contribution in [3.05, 3.63) is 29.3 Å². The normalized spacial score (nSPS) is 12.2. The lowest BCUT2D eigenvalue weighted by molar-refractivity contribution is -0.0329. The van der Waals surface area contributed by atoms with Gasteiger partial charge in [-0.1, -0.05) is 28.1 Å². The molecule has 7 heteroatoms. The number of halogens is 6. The van der Waals surface area contributed by atoms with Crippen molar-refractivity contribution in [2.24, 2.45) is 0 Å². The number of hydrogen-bond acceptors (Lipinski definition) is 1. The summed E-state index contributed by atoms with van der Waals surface area (Å²) in [6.07, 6.45) is -1.61. The molecule has 0 bridgehead atoms. The molecule has 0 atom stereocenters. The van der Waals surface area contributed by atoms with Gasteiger partial charge in [-0.2, -0.15) is 13.2 Å². The van der Waals surface area contributed by atoms with Crippen LogP contribution in [0.5, 0.6) is 0 Å². The number of alkyl halides is 6. The molecule has 0 saturated carbocycles. The van der Waals surface area contributed by atoms with E-state index in [1.165, 1.54) is 12.1 Å². The molecule has 0 unspecified atom stereocenters. The van der Waals surface area contributed by atoms with Crippen LogP contribution >= 0.6 is 27.7 Å². The smallest absolute Gasteiger partial charge is 0.205 e. The van der Waals surface area contributed by atoms with Gasteiger partial charge in [-0.05, 0) is 36.2 Å². The summed E-state index contributed by atoms with van der Waals surface area (Å²) in [5, 5.41) is 0.714. The molecule has 1 aromatic carbocycles. The Morgan fingerprint density at radius 2 is 1.89 bits per heavy atom. The molecule has 1 rings (SSSR count). The second kappa shape index (κ2) is 6.75. The zero-order chi connectivity index (χ0) is 13.8. The van der Waals surface area contributed by atoms with Crippen LogP contribution < -0.4 is 0 Å². The van der Waals surface area contributed by atoms with Gasteiger partial charge in [0.1, 0.15) is 0 Å². The molecular weight excluding hydrogens is 339 g/mol. The lowest BCUT2D eigenvalue weighted by atomic mass is 10.1. The quantitative estimate of drug-likeness (QED) is 0.381. The molecule has 1 aromatic rings. The van der Waals surface area contributed by atoms with Crippen molar-refractivity contribution in [1.82, 2.24) is 0 Å². The highest BCUT2D eigenvalue weighted by Crippen LogP contribution is 2.41. The molecule has 0 fully saturated rings. The lowest BCUT2D eigenvalue weighted by Crippen LogP contribution is -2.02. The van der Waals surface area contributed by atoms with Crippen LogP contribution in [0.15, 0.2) is 23.1 Å². The minimum Gasteiger partial charge on any atom is -0.205 e. The largest absolute Gasteiger partial charge is 0.446 e. The van der Waals surface area contributed by atoms with Crippen LogP contribution in [0.3, 0.4) is 0 Å². The van der Waals surface area contributed by atoms with E-state index >= 15 is 0 Å². The Kier molecular flexibility index (Phi) is 5.91. The molecule has 0 N–H and O–H groups in total. The molecule has 0 heterocycles. The SMILES string of the molecule is FC(F)c1ccc(CCCBr)cc1SC(F)(F)F. The summed E-state index contributed by atoms with van der Waals surface area (Å²) in [5.41, 5.74) is -4.50. The summed E-state index contributed by atoms with van der Waals surface area (Å²) in [7, 11) is 0. The Labute approximate surface area is 114 Å². The molecule has 0 radical (unpaired) electrons. The maximum absolute atomic E-state index is 12.6. The predicted molar refractivity (Wildman–Crippen MR) is 65.4 cm³/mol. The summed E-state index contributed by atoms with van der Waals surface area (Å²) in [4.78, 5) is -0.412. The van der Waals surface area contributed by atoms with E-state index in [9.17, 15) is 22.0 Å². The highest BCUT2D eigenvalue weighted by Gasteiger charge is 2.31. The fourth-order valence-electron chi connectivity index (χ4n) is 1.40. The van der Waals surface area contributed by atoms with Crippen LogP contribution in [0, 0.1) is 0 Å². The summed E-state index contributed by atoms with van der Waals surface area (Å²) >= 11 is 2.72. The third-order valence-corrected chi connectivity index (χ3v) is 3.50. The second-order valence-electron chi connectivity index (χ2n) is 3.51. The average molecular weight is 349 g/mol. The topological polar surface area (TPSA) is 0 Å². The van der Waals surface area contributed by atoms with E-state index in [0.29, 0.717) is 17.3 Å². The van der Waals surface area contributed by atoms with E-state index in [0.717, 1.165) is 12.5 Å². The first-order valence-electron chi connectivity index (χ1n) is 5.06. The van der Waals surface area contributed by atoms with Gasteiger partial charge in [0.2, 0.25) is 0 Å². The van der Waals surface area contributed by atoms with E-state index < -0.39 is 34.2 Å². The fraction of sp³-hybridized carbons (Fsp3) is 0.455. The molecule has 18 heavy (non-hydrogen) atoms. The average Bonchev–Trinajstić information content (AvgIpc) is 2.23. The van der Waals surface area contributed by atoms with Gasteiger partial charge >= 0.3 is 5.51 Å².